The summed E-state index contributed by atoms with van der Waals surface area (Å²) in [6, 6.07) is 10.8. The van der Waals surface area contributed by atoms with Gasteiger partial charge >= 0.3 is 5.69 Å². The molecule has 0 saturated carbocycles. The Morgan fingerprint density at radius 3 is 2.82 bits per heavy atom. The minimum Gasteiger partial charge on any atom is -0.487 e. The minimum atomic E-state index is -0.443. The number of benzene rings is 2. The fraction of sp³-hybridized carbons (Fsp3) is 0.188. The highest BCUT2D eigenvalue weighted by Gasteiger charge is 2.17. The summed E-state index contributed by atoms with van der Waals surface area (Å²) in [6.45, 7) is 4.17. The quantitative estimate of drug-likeness (QED) is 0.586. The molecule has 0 amide bonds. The zero-order chi connectivity index (χ0) is 15.7. The van der Waals surface area contributed by atoms with Crippen molar-refractivity contribution in [3.05, 3.63) is 52.1 Å². The van der Waals surface area contributed by atoms with Crippen LogP contribution in [0.2, 0.25) is 0 Å². The normalized spacial score (nSPS) is 10.8. The number of aromatic nitrogens is 2. The topological polar surface area (TPSA) is 81.0 Å². The molecule has 2 aromatic carbocycles. The summed E-state index contributed by atoms with van der Waals surface area (Å²) in [5, 5.41) is 11.2. The molecule has 6 nitrogen and oxygen atoms in total. The Bertz CT molecular complexity index is 855. The molecule has 0 atom stereocenters. The van der Waals surface area contributed by atoms with Crippen LogP contribution in [0.25, 0.3) is 22.4 Å². The second-order valence-electron chi connectivity index (χ2n) is 4.98. The standard InChI is InChI=1S/C16H15N3O3/c1-3-22-15-7-5-11(9-14(15)19(20)21)16-17-12-6-4-10(2)8-13(12)18-16/h4-9H,3H2,1-2H3,(H,17,18). The Kier molecular flexibility index (Phi) is 3.50. The van der Waals surface area contributed by atoms with E-state index in [2.05, 4.69) is 9.97 Å². The second kappa shape index (κ2) is 5.48. The first kappa shape index (κ1) is 14.1. The number of H-pyrrole nitrogens is 1. The van der Waals surface area contributed by atoms with E-state index in [0.717, 1.165) is 16.6 Å². The lowest BCUT2D eigenvalue weighted by molar-refractivity contribution is -0.385. The summed E-state index contributed by atoms with van der Waals surface area (Å²) in [5.41, 5.74) is 3.46. The van der Waals surface area contributed by atoms with Gasteiger partial charge in [-0.3, -0.25) is 10.1 Å². The van der Waals surface area contributed by atoms with Crippen LogP contribution in [0.5, 0.6) is 5.75 Å². The molecule has 0 fully saturated rings. The molecule has 0 radical (unpaired) electrons. The van der Waals surface area contributed by atoms with Gasteiger partial charge in [0.1, 0.15) is 5.82 Å². The highest BCUT2D eigenvalue weighted by molar-refractivity contribution is 5.80. The van der Waals surface area contributed by atoms with Crippen LogP contribution in [0.3, 0.4) is 0 Å². The predicted octanol–water partition coefficient (Wildman–Crippen LogP) is 3.85. The fourth-order valence-corrected chi connectivity index (χ4v) is 2.35. The van der Waals surface area contributed by atoms with Crippen molar-refractivity contribution in [3.8, 4) is 17.1 Å². The number of nitro groups is 1. The smallest absolute Gasteiger partial charge is 0.311 e. The van der Waals surface area contributed by atoms with Crippen molar-refractivity contribution in [1.29, 1.82) is 0 Å². The Morgan fingerprint density at radius 1 is 1.27 bits per heavy atom. The van der Waals surface area contributed by atoms with Crippen LogP contribution >= 0.6 is 0 Å². The highest BCUT2D eigenvalue weighted by Crippen LogP contribution is 2.32. The largest absolute Gasteiger partial charge is 0.487 e. The Balaban J connectivity index is 2.09. The Morgan fingerprint density at radius 2 is 2.09 bits per heavy atom. The van der Waals surface area contributed by atoms with Gasteiger partial charge in [0.15, 0.2) is 5.75 Å². The van der Waals surface area contributed by atoms with E-state index >= 15 is 0 Å². The van der Waals surface area contributed by atoms with Crippen LogP contribution < -0.4 is 4.74 Å². The van der Waals surface area contributed by atoms with E-state index in [-0.39, 0.29) is 11.4 Å². The summed E-state index contributed by atoms with van der Waals surface area (Å²) in [4.78, 5) is 18.4. The summed E-state index contributed by atoms with van der Waals surface area (Å²) < 4.78 is 5.29. The van der Waals surface area contributed by atoms with Gasteiger partial charge in [-0.25, -0.2) is 4.98 Å². The number of imidazole rings is 1. The molecule has 3 rings (SSSR count). The lowest BCUT2D eigenvalue weighted by atomic mass is 10.2. The van der Waals surface area contributed by atoms with Gasteiger partial charge in [0.05, 0.1) is 22.6 Å². The van der Waals surface area contributed by atoms with Crippen LogP contribution in [0.1, 0.15) is 12.5 Å². The van der Waals surface area contributed by atoms with Gasteiger partial charge in [-0.15, -0.1) is 0 Å². The molecule has 0 spiro atoms. The van der Waals surface area contributed by atoms with Crippen LogP contribution in [-0.4, -0.2) is 21.5 Å². The van der Waals surface area contributed by atoms with Crippen molar-refractivity contribution < 1.29 is 9.66 Å². The number of ether oxygens (including phenoxy) is 1. The van der Waals surface area contributed by atoms with E-state index in [1.165, 1.54) is 6.07 Å². The highest BCUT2D eigenvalue weighted by atomic mass is 16.6. The maximum absolute atomic E-state index is 11.2. The summed E-state index contributed by atoms with van der Waals surface area (Å²) in [6.07, 6.45) is 0. The maximum atomic E-state index is 11.2. The monoisotopic (exact) mass is 297 g/mol. The van der Waals surface area contributed by atoms with Gasteiger partial charge in [0.2, 0.25) is 0 Å². The second-order valence-corrected chi connectivity index (χ2v) is 4.98. The van der Waals surface area contributed by atoms with E-state index in [0.29, 0.717) is 18.0 Å². The van der Waals surface area contributed by atoms with Crippen molar-refractivity contribution in [1.82, 2.24) is 9.97 Å². The third-order valence-electron chi connectivity index (χ3n) is 3.37. The molecule has 6 heteroatoms. The fourth-order valence-electron chi connectivity index (χ4n) is 2.35. The first-order chi connectivity index (χ1) is 10.6. The third-order valence-corrected chi connectivity index (χ3v) is 3.37. The number of aryl methyl sites for hydroxylation is 1. The van der Waals surface area contributed by atoms with Gasteiger partial charge in [-0.2, -0.15) is 0 Å². The van der Waals surface area contributed by atoms with Crippen molar-refractivity contribution in [2.45, 2.75) is 13.8 Å². The first-order valence-electron chi connectivity index (χ1n) is 6.96. The van der Waals surface area contributed by atoms with Crippen molar-refractivity contribution in [3.63, 3.8) is 0 Å². The zero-order valence-electron chi connectivity index (χ0n) is 12.3. The number of hydrogen-bond acceptors (Lipinski definition) is 4. The number of nitrogens with one attached hydrogen (secondary N) is 1. The van der Waals surface area contributed by atoms with E-state index in [9.17, 15) is 10.1 Å². The lowest BCUT2D eigenvalue weighted by Gasteiger charge is -2.05. The molecule has 0 bridgehead atoms. The third kappa shape index (κ3) is 2.50. The number of nitro benzene ring substituents is 1. The average molecular weight is 297 g/mol. The molecular formula is C16H15N3O3. The van der Waals surface area contributed by atoms with E-state index in [1.807, 2.05) is 25.1 Å². The molecule has 0 unspecified atom stereocenters. The van der Waals surface area contributed by atoms with E-state index in [4.69, 9.17) is 4.74 Å². The van der Waals surface area contributed by atoms with Crippen molar-refractivity contribution in [2.75, 3.05) is 6.61 Å². The zero-order valence-corrected chi connectivity index (χ0v) is 12.3. The predicted molar refractivity (Wildman–Crippen MR) is 84.1 cm³/mol. The van der Waals surface area contributed by atoms with Crippen LogP contribution in [0.4, 0.5) is 5.69 Å². The molecule has 0 aliphatic rings. The van der Waals surface area contributed by atoms with Crippen molar-refractivity contribution >= 4 is 16.7 Å². The van der Waals surface area contributed by atoms with Gasteiger partial charge < -0.3 is 9.72 Å². The first-order valence-corrected chi connectivity index (χ1v) is 6.96. The number of aromatic amines is 1. The molecule has 0 aliphatic carbocycles. The van der Waals surface area contributed by atoms with Crippen LogP contribution in [0, 0.1) is 17.0 Å². The van der Waals surface area contributed by atoms with Crippen LogP contribution in [-0.2, 0) is 0 Å². The number of rotatable bonds is 4. The maximum Gasteiger partial charge on any atom is 0.311 e. The van der Waals surface area contributed by atoms with Gasteiger partial charge in [-0.1, -0.05) is 6.07 Å². The van der Waals surface area contributed by atoms with E-state index in [1.54, 1.807) is 19.1 Å². The minimum absolute atomic E-state index is 0.0593. The number of hydrogen-bond donors (Lipinski definition) is 1. The molecule has 3 aromatic rings. The van der Waals surface area contributed by atoms with Crippen LogP contribution in [0.15, 0.2) is 36.4 Å². The lowest BCUT2D eigenvalue weighted by Crippen LogP contribution is -1.98. The van der Waals surface area contributed by atoms with Gasteiger partial charge in [0.25, 0.3) is 0 Å². The van der Waals surface area contributed by atoms with E-state index < -0.39 is 4.92 Å². The molecule has 0 saturated heterocycles. The Labute approximate surface area is 126 Å². The Hall–Kier alpha value is -2.89. The average Bonchev–Trinajstić information content (AvgIpc) is 2.90. The SMILES string of the molecule is CCOc1ccc(-c2nc3ccc(C)cc3[nH]2)cc1[N+](=O)[O-]. The molecule has 1 heterocycles. The molecule has 1 aromatic heterocycles. The molecular weight excluding hydrogens is 282 g/mol. The number of fused-ring (bicyclic) bond motifs is 1. The summed E-state index contributed by atoms with van der Waals surface area (Å²) in [7, 11) is 0. The summed E-state index contributed by atoms with van der Waals surface area (Å²) in [5.74, 6) is 0.870. The van der Waals surface area contributed by atoms with Crippen molar-refractivity contribution in [2.24, 2.45) is 0 Å². The number of nitrogens with zero attached hydrogens (tertiary/aromatic N) is 2. The van der Waals surface area contributed by atoms with Gasteiger partial charge in [-0.05, 0) is 43.7 Å². The molecule has 1 N–H and O–H groups in total. The summed E-state index contributed by atoms with van der Waals surface area (Å²) >= 11 is 0. The van der Waals surface area contributed by atoms with Gasteiger partial charge in [0, 0.05) is 11.6 Å². The molecule has 22 heavy (non-hydrogen) atoms. The molecule has 112 valence electrons. The molecule has 0 aliphatic heterocycles.